The fourth-order valence-corrected chi connectivity index (χ4v) is 6.01. The van der Waals surface area contributed by atoms with Gasteiger partial charge < -0.3 is 15.4 Å². The molecule has 3 aliphatic rings. The molecule has 1 saturated carbocycles. The number of pyridine rings is 2. The number of hydrazine groups is 1. The average Bonchev–Trinajstić information content (AvgIpc) is 3.46. The van der Waals surface area contributed by atoms with E-state index in [9.17, 15) is 18.0 Å². The minimum absolute atomic E-state index is 0.000947. The van der Waals surface area contributed by atoms with Gasteiger partial charge in [0.15, 0.2) is 0 Å². The molecule has 0 bridgehead atoms. The molecule has 4 N–H and O–H groups in total. The van der Waals surface area contributed by atoms with Crippen LogP contribution in [0.3, 0.4) is 0 Å². The van der Waals surface area contributed by atoms with E-state index in [-0.39, 0.29) is 42.1 Å². The highest BCUT2D eigenvalue weighted by Gasteiger charge is 2.62. The largest absolute Gasteiger partial charge is 0.394 e. The number of amides is 1. The van der Waals surface area contributed by atoms with Crippen LogP contribution < -0.4 is 25.8 Å². The van der Waals surface area contributed by atoms with Crippen LogP contribution in [0.25, 0.3) is 0 Å². The number of halogens is 4. The van der Waals surface area contributed by atoms with Crippen LogP contribution in [0.2, 0.25) is 5.15 Å². The van der Waals surface area contributed by atoms with E-state index in [0.29, 0.717) is 16.8 Å². The summed E-state index contributed by atoms with van der Waals surface area (Å²) in [5, 5.41) is 9.06. The van der Waals surface area contributed by atoms with E-state index in [1.165, 1.54) is 5.01 Å². The van der Waals surface area contributed by atoms with Crippen molar-refractivity contribution in [2.75, 3.05) is 30.0 Å². The summed E-state index contributed by atoms with van der Waals surface area (Å²) in [5.41, 5.74) is 1.77. The van der Waals surface area contributed by atoms with Gasteiger partial charge in [-0.05, 0) is 88.8 Å². The maximum absolute atomic E-state index is 13.1. The van der Waals surface area contributed by atoms with Crippen LogP contribution in [0, 0.1) is 11.3 Å². The van der Waals surface area contributed by atoms with Crippen molar-refractivity contribution in [3.8, 4) is 0 Å². The van der Waals surface area contributed by atoms with Crippen molar-refractivity contribution in [3.63, 3.8) is 0 Å². The number of rotatable bonds is 12. The van der Waals surface area contributed by atoms with Crippen LogP contribution in [-0.4, -0.2) is 53.5 Å². The molecule has 4 heterocycles. The van der Waals surface area contributed by atoms with Gasteiger partial charge >= 0.3 is 6.18 Å². The predicted octanol–water partition coefficient (Wildman–Crippen LogP) is 5.67. The highest BCUT2D eigenvalue weighted by molar-refractivity contribution is 7.97. The van der Waals surface area contributed by atoms with Crippen molar-refractivity contribution < 1.29 is 22.7 Å². The van der Waals surface area contributed by atoms with Crippen LogP contribution in [0.15, 0.2) is 47.6 Å². The highest BCUT2D eigenvalue weighted by atomic mass is 35.5. The first-order chi connectivity index (χ1) is 19.9. The monoisotopic (exact) mass is 625 g/mol. The van der Waals surface area contributed by atoms with Gasteiger partial charge in [0.2, 0.25) is 0 Å². The molecule has 228 valence electrons. The third-order valence-electron chi connectivity index (χ3n) is 7.83. The van der Waals surface area contributed by atoms with E-state index in [4.69, 9.17) is 16.3 Å². The number of nitrogens with zero attached hydrogens (tertiary/aromatic N) is 3. The molecule has 2 fully saturated rings. The van der Waals surface area contributed by atoms with Crippen molar-refractivity contribution in [3.05, 3.63) is 53.3 Å². The van der Waals surface area contributed by atoms with Crippen molar-refractivity contribution >= 4 is 41.1 Å². The molecule has 14 heteroatoms. The molecule has 1 aliphatic carbocycles. The molecule has 0 spiro atoms. The van der Waals surface area contributed by atoms with Gasteiger partial charge in [0.1, 0.15) is 28.0 Å². The molecule has 42 heavy (non-hydrogen) atoms. The Hall–Kier alpha value is -2.58. The van der Waals surface area contributed by atoms with E-state index < -0.39 is 23.7 Å². The Morgan fingerprint density at radius 2 is 2.05 bits per heavy atom. The summed E-state index contributed by atoms with van der Waals surface area (Å²) in [4.78, 5) is 21.7. The van der Waals surface area contributed by atoms with E-state index in [1.807, 2.05) is 12.1 Å². The minimum atomic E-state index is -4.20. The number of nitrogens with one attached hydrogen (secondary N) is 4. The number of hydrogen-bond donors (Lipinski definition) is 4. The van der Waals surface area contributed by atoms with E-state index in [0.717, 1.165) is 43.7 Å². The molecule has 1 saturated heterocycles. The quantitative estimate of drug-likeness (QED) is 0.175. The van der Waals surface area contributed by atoms with Crippen molar-refractivity contribution in [1.82, 2.24) is 25.4 Å². The molecule has 2 aromatic rings. The highest BCUT2D eigenvalue weighted by Crippen LogP contribution is 2.59. The van der Waals surface area contributed by atoms with Gasteiger partial charge in [0, 0.05) is 36.8 Å². The van der Waals surface area contributed by atoms with Crippen molar-refractivity contribution in [2.45, 2.75) is 68.9 Å². The average molecular weight is 626 g/mol. The number of alkyl halides is 3. The van der Waals surface area contributed by atoms with E-state index in [2.05, 4.69) is 44.6 Å². The number of aromatic nitrogens is 2. The van der Waals surface area contributed by atoms with Gasteiger partial charge in [-0.3, -0.25) is 14.5 Å². The van der Waals surface area contributed by atoms with Crippen LogP contribution >= 0.6 is 23.5 Å². The van der Waals surface area contributed by atoms with Gasteiger partial charge in [-0.15, -0.1) is 0 Å². The zero-order valence-electron chi connectivity index (χ0n) is 23.4. The Morgan fingerprint density at radius 1 is 1.24 bits per heavy atom. The lowest BCUT2D eigenvalue weighted by Crippen LogP contribution is -2.38. The molecule has 9 nitrogen and oxygen atoms in total. The molecule has 0 radical (unpaired) electrons. The van der Waals surface area contributed by atoms with Gasteiger partial charge in [-0.2, -0.15) is 18.6 Å². The summed E-state index contributed by atoms with van der Waals surface area (Å²) in [6.45, 7) is 6.26. The van der Waals surface area contributed by atoms with Gasteiger partial charge in [-0.1, -0.05) is 17.7 Å². The van der Waals surface area contributed by atoms with E-state index in [1.54, 1.807) is 30.5 Å². The van der Waals surface area contributed by atoms with Gasteiger partial charge in [-0.25, -0.2) is 9.97 Å². The Kier molecular flexibility index (Phi) is 9.24. The molecule has 2 aromatic heterocycles. The molecule has 1 amide bonds. The Bertz CT molecular complexity index is 1310. The normalized spacial score (nSPS) is 22.4. The minimum Gasteiger partial charge on any atom is -0.370 e. The second-order valence-corrected chi connectivity index (χ2v) is 12.8. The van der Waals surface area contributed by atoms with Crippen LogP contribution in [0.4, 0.5) is 24.8 Å². The fraction of sp³-hybridized carbons (Fsp3) is 0.536. The SMILES string of the molecule is CC1(C)CC(CCNc2cccc(SNC(=O)c3ccc(N4C=CC(OCCC5(C(F)(F)F)CC5)N4)nc3Cl)n2)CN1. The summed E-state index contributed by atoms with van der Waals surface area (Å²) in [7, 11) is 0. The predicted molar refractivity (Wildman–Crippen MR) is 157 cm³/mol. The summed E-state index contributed by atoms with van der Waals surface area (Å²) in [6, 6.07) is 8.73. The summed E-state index contributed by atoms with van der Waals surface area (Å²) < 4.78 is 47.7. The van der Waals surface area contributed by atoms with Crippen LogP contribution in [-0.2, 0) is 4.74 Å². The first-order valence-electron chi connectivity index (χ1n) is 13.9. The van der Waals surface area contributed by atoms with Gasteiger partial charge in [0.25, 0.3) is 5.91 Å². The second-order valence-electron chi connectivity index (χ2n) is 11.6. The maximum atomic E-state index is 13.1. The van der Waals surface area contributed by atoms with Crippen LogP contribution in [0.1, 0.15) is 56.3 Å². The lowest BCUT2D eigenvalue weighted by molar-refractivity contribution is -0.192. The molecule has 0 aromatic carbocycles. The summed E-state index contributed by atoms with van der Waals surface area (Å²) in [6.07, 6.45) is 0.953. The number of carbonyl (C=O) groups excluding carboxylic acids is 1. The van der Waals surface area contributed by atoms with Crippen molar-refractivity contribution in [2.24, 2.45) is 11.3 Å². The molecule has 5 rings (SSSR count). The Balaban J connectivity index is 1.06. The first kappa shape index (κ1) is 30.9. The number of ether oxygens (including phenoxy) is 1. The van der Waals surface area contributed by atoms with E-state index >= 15 is 0 Å². The molecule has 2 atom stereocenters. The Morgan fingerprint density at radius 3 is 2.74 bits per heavy atom. The standard InChI is InChI=1S/C28H35ClF3N7O2S/c1-26(2)16-18(17-34-26)8-13-33-20-4-3-5-23(35-20)42-38-25(40)19-6-7-21(36-24(19)29)39-14-9-22(37-39)41-15-12-27(10-11-27)28(30,31)32/h3-7,9,14,18,22,34,37H,8,10-13,15-17H2,1-2H3,(H,33,35)(H,38,40). The van der Waals surface area contributed by atoms with Gasteiger partial charge in [0.05, 0.1) is 11.0 Å². The zero-order valence-corrected chi connectivity index (χ0v) is 25.0. The lowest BCUT2D eigenvalue weighted by atomic mass is 9.95. The molecule has 2 aliphatic heterocycles. The smallest absolute Gasteiger partial charge is 0.370 e. The topological polar surface area (TPSA) is 103 Å². The fourth-order valence-electron chi connectivity index (χ4n) is 5.18. The molecular formula is C28H35ClF3N7O2S. The first-order valence-corrected chi connectivity index (χ1v) is 15.1. The zero-order chi connectivity index (χ0) is 30.0. The van der Waals surface area contributed by atoms with Crippen molar-refractivity contribution in [1.29, 1.82) is 0 Å². The molecular weight excluding hydrogens is 591 g/mol. The third kappa shape index (κ3) is 7.67. The Labute approximate surface area is 252 Å². The maximum Gasteiger partial charge on any atom is 0.394 e. The number of carbonyl (C=O) groups is 1. The van der Waals surface area contributed by atoms with Crippen LogP contribution in [0.5, 0.6) is 0 Å². The second kappa shape index (κ2) is 12.6. The summed E-state index contributed by atoms with van der Waals surface area (Å²) in [5.74, 6) is 1.35. The lowest BCUT2D eigenvalue weighted by Gasteiger charge is -2.22. The molecule has 2 unspecified atom stereocenters. The summed E-state index contributed by atoms with van der Waals surface area (Å²) >= 11 is 7.41. The third-order valence-corrected chi connectivity index (χ3v) is 8.85. The number of hydrogen-bond acceptors (Lipinski definition) is 9. The number of anilines is 2.